The SMILES string of the molecule is CC(=O)Nc1ccc(CC(=O)NC(Cc2c[nH]c3ccccc23)C(=O)O)cc1. The first kappa shape index (κ1) is 19.2. The molecule has 4 N–H and O–H groups in total. The zero-order valence-electron chi connectivity index (χ0n) is 15.4. The highest BCUT2D eigenvalue weighted by molar-refractivity contribution is 5.89. The third kappa shape index (κ3) is 4.76. The molecular formula is C21H21N3O4. The number of carboxylic acid groups (broad SMARTS) is 1. The molecule has 7 nitrogen and oxygen atoms in total. The van der Waals surface area contributed by atoms with Crippen LogP contribution in [0.5, 0.6) is 0 Å². The van der Waals surface area contributed by atoms with Gasteiger partial charge in [0.2, 0.25) is 11.8 Å². The molecule has 0 fully saturated rings. The maximum atomic E-state index is 12.3. The third-order valence-electron chi connectivity index (χ3n) is 4.37. The van der Waals surface area contributed by atoms with E-state index in [1.54, 1.807) is 30.5 Å². The Bertz CT molecular complexity index is 1010. The number of hydrogen-bond acceptors (Lipinski definition) is 3. The minimum atomic E-state index is -1.08. The molecule has 3 rings (SSSR count). The number of aromatic amines is 1. The predicted molar refractivity (Wildman–Crippen MR) is 106 cm³/mol. The van der Waals surface area contributed by atoms with Gasteiger partial charge in [-0.05, 0) is 29.3 Å². The number of anilines is 1. The molecule has 144 valence electrons. The summed E-state index contributed by atoms with van der Waals surface area (Å²) in [5, 5.41) is 15.7. The molecule has 0 saturated carbocycles. The molecule has 1 atom stereocenters. The Hall–Kier alpha value is -3.61. The van der Waals surface area contributed by atoms with Crippen LogP contribution in [-0.2, 0) is 27.2 Å². The molecular weight excluding hydrogens is 358 g/mol. The summed E-state index contributed by atoms with van der Waals surface area (Å²) in [7, 11) is 0. The van der Waals surface area contributed by atoms with Gasteiger partial charge < -0.3 is 20.7 Å². The van der Waals surface area contributed by atoms with E-state index in [1.165, 1.54) is 6.92 Å². The lowest BCUT2D eigenvalue weighted by Gasteiger charge is -2.14. The Labute approximate surface area is 161 Å². The smallest absolute Gasteiger partial charge is 0.326 e. The van der Waals surface area contributed by atoms with E-state index in [0.29, 0.717) is 5.69 Å². The van der Waals surface area contributed by atoms with Gasteiger partial charge in [-0.25, -0.2) is 4.79 Å². The molecule has 0 aliphatic carbocycles. The van der Waals surface area contributed by atoms with Crippen LogP contribution in [0.15, 0.2) is 54.7 Å². The Balaban J connectivity index is 1.64. The number of aliphatic carboxylic acids is 1. The lowest BCUT2D eigenvalue weighted by Crippen LogP contribution is -2.43. The third-order valence-corrected chi connectivity index (χ3v) is 4.37. The number of carbonyl (C=O) groups is 3. The fourth-order valence-corrected chi connectivity index (χ4v) is 3.06. The Morgan fingerprint density at radius 2 is 1.79 bits per heavy atom. The van der Waals surface area contributed by atoms with Crippen LogP contribution in [0.1, 0.15) is 18.1 Å². The molecule has 2 amide bonds. The quantitative estimate of drug-likeness (QED) is 0.505. The summed E-state index contributed by atoms with van der Waals surface area (Å²) in [4.78, 5) is 38.1. The van der Waals surface area contributed by atoms with Crippen LogP contribution in [0, 0.1) is 0 Å². The fraction of sp³-hybridized carbons (Fsp3) is 0.190. The van der Waals surface area contributed by atoms with Gasteiger partial charge in [0.05, 0.1) is 6.42 Å². The van der Waals surface area contributed by atoms with Crippen LogP contribution in [0.25, 0.3) is 10.9 Å². The summed E-state index contributed by atoms with van der Waals surface area (Å²) >= 11 is 0. The van der Waals surface area contributed by atoms with Gasteiger partial charge >= 0.3 is 5.97 Å². The van der Waals surface area contributed by atoms with E-state index in [1.807, 2.05) is 24.3 Å². The minimum absolute atomic E-state index is 0.0536. The van der Waals surface area contributed by atoms with Crippen molar-refractivity contribution in [3.8, 4) is 0 Å². The molecule has 0 aliphatic rings. The van der Waals surface area contributed by atoms with E-state index in [-0.39, 0.29) is 24.7 Å². The van der Waals surface area contributed by atoms with Gasteiger partial charge in [-0.2, -0.15) is 0 Å². The maximum absolute atomic E-state index is 12.3. The van der Waals surface area contributed by atoms with Gasteiger partial charge in [-0.1, -0.05) is 30.3 Å². The summed E-state index contributed by atoms with van der Waals surface area (Å²) in [5.41, 5.74) is 3.12. The predicted octanol–water partition coefficient (Wildman–Crippen LogP) is 2.48. The zero-order chi connectivity index (χ0) is 20.1. The minimum Gasteiger partial charge on any atom is -0.480 e. The van der Waals surface area contributed by atoms with Crippen molar-refractivity contribution in [2.45, 2.75) is 25.8 Å². The highest BCUT2D eigenvalue weighted by Gasteiger charge is 2.22. The first-order chi connectivity index (χ1) is 13.4. The van der Waals surface area contributed by atoms with Crippen molar-refractivity contribution in [3.05, 3.63) is 65.9 Å². The van der Waals surface area contributed by atoms with Crippen molar-refractivity contribution >= 4 is 34.4 Å². The normalized spacial score (nSPS) is 11.8. The van der Waals surface area contributed by atoms with Crippen LogP contribution in [0.4, 0.5) is 5.69 Å². The van der Waals surface area contributed by atoms with E-state index < -0.39 is 12.0 Å². The molecule has 0 radical (unpaired) electrons. The largest absolute Gasteiger partial charge is 0.480 e. The Morgan fingerprint density at radius 3 is 2.46 bits per heavy atom. The van der Waals surface area contributed by atoms with Gasteiger partial charge in [-0.3, -0.25) is 9.59 Å². The van der Waals surface area contributed by atoms with Crippen LogP contribution in [0.2, 0.25) is 0 Å². The van der Waals surface area contributed by atoms with Crippen LogP contribution >= 0.6 is 0 Å². The van der Waals surface area contributed by atoms with Crippen LogP contribution in [0.3, 0.4) is 0 Å². The molecule has 7 heteroatoms. The highest BCUT2D eigenvalue weighted by atomic mass is 16.4. The number of carbonyl (C=O) groups excluding carboxylic acids is 2. The number of fused-ring (bicyclic) bond motifs is 1. The molecule has 3 aromatic rings. The number of aromatic nitrogens is 1. The van der Waals surface area contributed by atoms with E-state index in [0.717, 1.165) is 22.0 Å². The summed E-state index contributed by atoms with van der Waals surface area (Å²) in [6, 6.07) is 13.4. The lowest BCUT2D eigenvalue weighted by atomic mass is 10.0. The van der Waals surface area contributed by atoms with Crippen molar-refractivity contribution in [2.75, 3.05) is 5.32 Å². The number of carboxylic acids is 1. The first-order valence-electron chi connectivity index (χ1n) is 8.86. The average Bonchev–Trinajstić information content (AvgIpc) is 3.05. The van der Waals surface area contributed by atoms with E-state index in [2.05, 4.69) is 15.6 Å². The number of H-pyrrole nitrogens is 1. The Kier molecular flexibility index (Phi) is 5.74. The standard InChI is InChI=1S/C21H21N3O4/c1-13(25)23-16-8-6-14(7-9-16)10-20(26)24-19(21(27)28)11-15-12-22-18-5-3-2-4-17(15)18/h2-9,12,19,22H,10-11H2,1H3,(H,23,25)(H,24,26)(H,27,28). The topological polar surface area (TPSA) is 111 Å². The molecule has 1 aromatic heterocycles. The number of nitrogens with one attached hydrogen (secondary N) is 3. The molecule has 0 spiro atoms. The van der Waals surface area contributed by atoms with Crippen molar-refractivity contribution in [1.82, 2.24) is 10.3 Å². The first-order valence-corrected chi connectivity index (χ1v) is 8.86. The number of amides is 2. The summed E-state index contributed by atoms with van der Waals surface area (Å²) in [6.07, 6.45) is 2.01. The monoisotopic (exact) mass is 379 g/mol. The molecule has 1 unspecified atom stereocenters. The summed E-state index contributed by atoms with van der Waals surface area (Å²) in [6.45, 7) is 1.42. The van der Waals surface area contributed by atoms with Gasteiger partial charge in [0, 0.05) is 36.1 Å². The van der Waals surface area contributed by atoms with Crippen LogP contribution < -0.4 is 10.6 Å². The van der Waals surface area contributed by atoms with Crippen LogP contribution in [-0.4, -0.2) is 33.9 Å². The maximum Gasteiger partial charge on any atom is 0.326 e. The summed E-state index contributed by atoms with van der Waals surface area (Å²) in [5.74, 6) is -1.63. The molecule has 2 aromatic carbocycles. The second kappa shape index (κ2) is 8.39. The number of rotatable bonds is 7. The van der Waals surface area contributed by atoms with Gasteiger partial charge in [0.1, 0.15) is 6.04 Å². The zero-order valence-corrected chi connectivity index (χ0v) is 15.4. The average molecular weight is 379 g/mol. The number of benzene rings is 2. The van der Waals surface area contributed by atoms with E-state index >= 15 is 0 Å². The van der Waals surface area contributed by atoms with Crippen molar-refractivity contribution in [3.63, 3.8) is 0 Å². The number of hydrogen-bond donors (Lipinski definition) is 4. The van der Waals surface area contributed by atoms with E-state index in [4.69, 9.17) is 0 Å². The highest BCUT2D eigenvalue weighted by Crippen LogP contribution is 2.19. The molecule has 0 aliphatic heterocycles. The van der Waals surface area contributed by atoms with Crippen molar-refractivity contribution < 1.29 is 19.5 Å². The van der Waals surface area contributed by atoms with Gasteiger partial charge in [-0.15, -0.1) is 0 Å². The van der Waals surface area contributed by atoms with E-state index in [9.17, 15) is 19.5 Å². The second-order valence-electron chi connectivity index (χ2n) is 6.58. The lowest BCUT2D eigenvalue weighted by molar-refractivity contribution is -0.141. The molecule has 0 bridgehead atoms. The Morgan fingerprint density at radius 1 is 1.07 bits per heavy atom. The van der Waals surface area contributed by atoms with Crippen molar-refractivity contribution in [2.24, 2.45) is 0 Å². The number of para-hydroxylation sites is 1. The molecule has 0 saturated heterocycles. The molecule has 28 heavy (non-hydrogen) atoms. The van der Waals surface area contributed by atoms with Crippen molar-refractivity contribution in [1.29, 1.82) is 0 Å². The van der Waals surface area contributed by atoms with Gasteiger partial charge in [0.15, 0.2) is 0 Å². The fourth-order valence-electron chi connectivity index (χ4n) is 3.06. The molecule has 1 heterocycles. The van der Waals surface area contributed by atoms with Gasteiger partial charge in [0.25, 0.3) is 0 Å². The second-order valence-corrected chi connectivity index (χ2v) is 6.58. The summed E-state index contributed by atoms with van der Waals surface area (Å²) < 4.78 is 0.